The van der Waals surface area contributed by atoms with Crippen LogP contribution >= 0.6 is 27.3 Å². The van der Waals surface area contributed by atoms with Gasteiger partial charge in [-0.1, -0.05) is 12.1 Å². The summed E-state index contributed by atoms with van der Waals surface area (Å²) in [6, 6.07) is 8.51. The lowest BCUT2D eigenvalue weighted by atomic mass is 10.3. The van der Waals surface area contributed by atoms with Crippen molar-refractivity contribution in [1.82, 2.24) is 0 Å². The Morgan fingerprint density at radius 2 is 1.95 bits per heavy atom. The average molecular weight is 361 g/mol. The number of nitrogen functional groups attached to an aromatic ring is 1. The predicted molar refractivity (Wildman–Crippen MR) is 83.2 cm³/mol. The number of nitrogens with two attached hydrogens (primary N) is 1. The van der Waals surface area contributed by atoms with Crippen LogP contribution < -0.4 is 10.0 Å². The summed E-state index contributed by atoms with van der Waals surface area (Å²) in [6.07, 6.45) is 0. The molecule has 2 rings (SSSR count). The van der Waals surface area contributed by atoms with Gasteiger partial charge >= 0.3 is 0 Å². The summed E-state index contributed by atoms with van der Waals surface area (Å²) < 4.78 is 27.2. The monoisotopic (exact) mass is 360 g/mol. The molecule has 1 heterocycles. The third-order valence-corrected chi connectivity index (χ3v) is 6.34. The van der Waals surface area contributed by atoms with Crippen LogP contribution in [0.2, 0.25) is 0 Å². The van der Waals surface area contributed by atoms with Crippen molar-refractivity contribution >= 4 is 48.7 Å². The first-order chi connectivity index (χ1) is 8.84. The lowest BCUT2D eigenvalue weighted by Crippen LogP contribution is -2.27. The van der Waals surface area contributed by atoms with Gasteiger partial charge in [0.2, 0.25) is 0 Å². The van der Waals surface area contributed by atoms with Crippen molar-refractivity contribution in [2.24, 2.45) is 0 Å². The van der Waals surface area contributed by atoms with Crippen molar-refractivity contribution in [2.45, 2.75) is 11.8 Å². The Morgan fingerprint density at radius 3 is 2.47 bits per heavy atom. The van der Waals surface area contributed by atoms with Crippen molar-refractivity contribution < 1.29 is 8.42 Å². The van der Waals surface area contributed by atoms with Crippen LogP contribution in [0.4, 0.5) is 11.4 Å². The molecule has 0 saturated carbocycles. The molecule has 0 radical (unpaired) electrons. The summed E-state index contributed by atoms with van der Waals surface area (Å²) in [7, 11) is -2.08. The third-order valence-electron chi connectivity index (χ3n) is 2.76. The van der Waals surface area contributed by atoms with E-state index in [0.29, 0.717) is 16.3 Å². The molecule has 2 aromatic rings. The molecule has 2 N–H and O–H groups in total. The van der Waals surface area contributed by atoms with E-state index >= 15 is 0 Å². The van der Waals surface area contributed by atoms with Crippen molar-refractivity contribution in [1.29, 1.82) is 0 Å². The molecule has 0 fully saturated rings. The van der Waals surface area contributed by atoms with Crippen molar-refractivity contribution in [3.8, 4) is 0 Å². The Kier molecular flexibility index (Phi) is 3.89. The Balaban J connectivity index is 2.52. The van der Waals surface area contributed by atoms with Crippen LogP contribution in [-0.4, -0.2) is 15.5 Å². The van der Waals surface area contributed by atoms with Gasteiger partial charge in [0.15, 0.2) is 0 Å². The SMILES string of the molecule is Cc1sc(Br)cc1S(=O)(=O)N(C)c1ccccc1N. The van der Waals surface area contributed by atoms with Gasteiger partial charge in [-0.15, -0.1) is 11.3 Å². The molecular formula is C12H13BrN2O2S2. The van der Waals surface area contributed by atoms with Gasteiger partial charge in [0, 0.05) is 11.9 Å². The first-order valence-corrected chi connectivity index (χ1v) is 8.48. The molecule has 4 nitrogen and oxygen atoms in total. The fraction of sp³-hybridized carbons (Fsp3) is 0.167. The highest BCUT2D eigenvalue weighted by molar-refractivity contribution is 9.11. The molecule has 0 unspecified atom stereocenters. The molecule has 19 heavy (non-hydrogen) atoms. The quantitative estimate of drug-likeness (QED) is 0.854. The first-order valence-electron chi connectivity index (χ1n) is 5.43. The van der Waals surface area contributed by atoms with Crippen LogP contribution in [0, 0.1) is 6.92 Å². The Morgan fingerprint density at radius 1 is 1.32 bits per heavy atom. The fourth-order valence-electron chi connectivity index (χ4n) is 1.74. The number of nitrogens with zero attached hydrogens (tertiary/aromatic N) is 1. The van der Waals surface area contributed by atoms with Crippen LogP contribution in [0.1, 0.15) is 4.88 Å². The molecule has 1 aromatic carbocycles. The second-order valence-electron chi connectivity index (χ2n) is 4.00. The average Bonchev–Trinajstić information content (AvgIpc) is 2.69. The van der Waals surface area contributed by atoms with Crippen LogP contribution in [0.15, 0.2) is 39.0 Å². The predicted octanol–water partition coefficient (Wildman–Crippen LogP) is 3.23. The Bertz CT molecular complexity index is 710. The topological polar surface area (TPSA) is 63.4 Å². The molecule has 0 bridgehead atoms. The number of aryl methyl sites for hydroxylation is 1. The number of benzene rings is 1. The maximum Gasteiger partial charge on any atom is 0.265 e. The molecule has 7 heteroatoms. The van der Waals surface area contributed by atoms with Crippen molar-refractivity contribution in [3.05, 3.63) is 39.0 Å². The zero-order valence-electron chi connectivity index (χ0n) is 10.4. The van der Waals surface area contributed by atoms with E-state index in [1.165, 1.54) is 22.7 Å². The minimum atomic E-state index is -3.59. The fourth-order valence-corrected chi connectivity index (χ4v) is 5.34. The summed E-state index contributed by atoms with van der Waals surface area (Å²) in [4.78, 5) is 1.04. The van der Waals surface area contributed by atoms with Gasteiger partial charge in [-0.25, -0.2) is 8.42 Å². The van der Waals surface area contributed by atoms with Crippen molar-refractivity contribution in [2.75, 3.05) is 17.1 Å². The van der Waals surface area contributed by atoms with Crippen LogP contribution in [-0.2, 0) is 10.0 Å². The minimum absolute atomic E-state index is 0.301. The number of para-hydroxylation sites is 2. The van der Waals surface area contributed by atoms with E-state index in [4.69, 9.17) is 5.73 Å². The van der Waals surface area contributed by atoms with Gasteiger partial charge < -0.3 is 5.73 Å². The molecule has 102 valence electrons. The van der Waals surface area contributed by atoms with E-state index in [9.17, 15) is 8.42 Å². The highest BCUT2D eigenvalue weighted by atomic mass is 79.9. The molecular weight excluding hydrogens is 348 g/mol. The van der Waals surface area contributed by atoms with Crippen LogP contribution in [0.5, 0.6) is 0 Å². The maximum atomic E-state index is 12.6. The van der Waals surface area contributed by atoms with E-state index in [0.717, 1.165) is 8.66 Å². The van der Waals surface area contributed by atoms with Gasteiger partial charge in [0.05, 0.1) is 15.2 Å². The summed E-state index contributed by atoms with van der Waals surface area (Å²) in [5.74, 6) is 0. The molecule has 1 aromatic heterocycles. The van der Waals surface area contributed by atoms with E-state index in [1.807, 2.05) is 0 Å². The molecule has 0 aliphatic rings. The lowest BCUT2D eigenvalue weighted by Gasteiger charge is -2.20. The Labute approximate surface area is 125 Å². The molecule has 0 aliphatic carbocycles. The molecule has 0 amide bonds. The summed E-state index contributed by atoms with van der Waals surface area (Å²) in [5, 5.41) is 0. The number of hydrogen-bond acceptors (Lipinski definition) is 4. The molecule has 0 aliphatic heterocycles. The second-order valence-corrected chi connectivity index (χ2v) is 8.58. The third kappa shape index (κ3) is 2.63. The minimum Gasteiger partial charge on any atom is -0.397 e. The highest BCUT2D eigenvalue weighted by Gasteiger charge is 2.26. The molecule has 0 atom stereocenters. The number of anilines is 2. The van der Waals surface area contributed by atoms with E-state index < -0.39 is 10.0 Å². The normalized spacial score (nSPS) is 11.5. The second kappa shape index (κ2) is 5.15. The van der Waals surface area contributed by atoms with Gasteiger partial charge in [-0.2, -0.15) is 0 Å². The zero-order chi connectivity index (χ0) is 14.2. The summed E-state index contributed by atoms with van der Waals surface area (Å²) in [6.45, 7) is 1.78. The largest absolute Gasteiger partial charge is 0.397 e. The molecule has 0 spiro atoms. The number of thiophene rings is 1. The van der Waals surface area contributed by atoms with Crippen LogP contribution in [0.25, 0.3) is 0 Å². The summed E-state index contributed by atoms with van der Waals surface area (Å²) >= 11 is 4.70. The number of halogens is 1. The molecule has 0 saturated heterocycles. The van der Waals surface area contributed by atoms with Gasteiger partial charge in [-0.05, 0) is 41.1 Å². The lowest BCUT2D eigenvalue weighted by molar-refractivity contribution is 0.594. The first kappa shape index (κ1) is 14.4. The van der Waals surface area contributed by atoms with E-state index in [2.05, 4.69) is 15.9 Å². The number of rotatable bonds is 3. The van der Waals surface area contributed by atoms with E-state index in [-0.39, 0.29) is 0 Å². The Hall–Kier alpha value is -1.05. The van der Waals surface area contributed by atoms with Gasteiger partial charge in [-0.3, -0.25) is 4.31 Å². The van der Waals surface area contributed by atoms with Crippen molar-refractivity contribution in [3.63, 3.8) is 0 Å². The smallest absolute Gasteiger partial charge is 0.265 e. The van der Waals surface area contributed by atoms with E-state index in [1.54, 1.807) is 37.3 Å². The zero-order valence-corrected chi connectivity index (χ0v) is 13.6. The number of sulfonamides is 1. The van der Waals surface area contributed by atoms with Gasteiger partial charge in [0.25, 0.3) is 10.0 Å². The highest BCUT2D eigenvalue weighted by Crippen LogP contribution is 2.34. The van der Waals surface area contributed by atoms with Gasteiger partial charge in [0.1, 0.15) is 4.90 Å². The maximum absolute atomic E-state index is 12.6. The summed E-state index contributed by atoms with van der Waals surface area (Å²) in [5.41, 5.74) is 6.73. The van der Waals surface area contributed by atoms with Crippen LogP contribution in [0.3, 0.4) is 0 Å². The standard InChI is InChI=1S/C12H13BrN2O2S2/c1-8-11(7-12(13)18-8)19(16,17)15(2)10-6-4-3-5-9(10)14/h3-7H,14H2,1-2H3. The number of hydrogen-bond donors (Lipinski definition) is 1.